The second-order valence-electron chi connectivity index (χ2n) is 4.13. The highest BCUT2D eigenvalue weighted by molar-refractivity contribution is 5.19. The summed E-state index contributed by atoms with van der Waals surface area (Å²) in [6, 6.07) is 10.1. The Hall–Kier alpha value is -1.68. The molecule has 0 amide bonds. The van der Waals surface area contributed by atoms with E-state index < -0.39 is 0 Å². The Morgan fingerprint density at radius 2 is 1.94 bits per heavy atom. The molecule has 0 spiro atoms. The van der Waals surface area contributed by atoms with Gasteiger partial charge in [0.2, 0.25) is 0 Å². The third-order valence-corrected chi connectivity index (χ3v) is 2.96. The standard InChI is InChI=1S/C13H18N4/c1-3-17-10(2)15-16-13(17)9-12(14)11-7-5-4-6-8-11/h4-8,12H,3,9,14H2,1-2H3. The number of hydrogen-bond donors (Lipinski definition) is 1. The largest absolute Gasteiger partial charge is 0.324 e. The highest BCUT2D eigenvalue weighted by Crippen LogP contribution is 2.15. The van der Waals surface area contributed by atoms with Crippen molar-refractivity contribution in [3.8, 4) is 0 Å². The lowest BCUT2D eigenvalue weighted by Gasteiger charge is -2.12. The van der Waals surface area contributed by atoms with Gasteiger partial charge < -0.3 is 10.3 Å². The van der Waals surface area contributed by atoms with E-state index >= 15 is 0 Å². The summed E-state index contributed by atoms with van der Waals surface area (Å²) < 4.78 is 2.10. The van der Waals surface area contributed by atoms with Crippen LogP contribution in [0.4, 0.5) is 0 Å². The lowest BCUT2D eigenvalue weighted by molar-refractivity contribution is 0.620. The van der Waals surface area contributed by atoms with Crippen molar-refractivity contribution in [2.75, 3.05) is 0 Å². The highest BCUT2D eigenvalue weighted by atomic mass is 15.3. The summed E-state index contributed by atoms with van der Waals surface area (Å²) in [7, 11) is 0. The fourth-order valence-corrected chi connectivity index (χ4v) is 2.00. The van der Waals surface area contributed by atoms with Crippen LogP contribution in [0.1, 0.15) is 30.2 Å². The summed E-state index contributed by atoms with van der Waals surface area (Å²) in [5, 5.41) is 8.28. The average Bonchev–Trinajstić information content (AvgIpc) is 2.71. The number of nitrogens with zero attached hydrogens (tertiary/aromatic N) is 3. The zero-order chi connectivity index (χ0) is 12.3. The van der Waals surface area contributed by atoms with Crippen LogP contribution in [0, 0.1) is 6.92 Å². The number of hydrogen-bond acceptors (Lipinski definition) is 3. The summed E-state index contributed by atoms with van der Waals surface area (Å²) in [6.07, 6.45) is 0.721. The Balaban J connectivity index is 2.16. The first-order chi connectivity index (χ1) is 8.22. The van der Waals surface area contributed by atoms with E-state index in [4.69, 9.17) is 5.73 Å². The minimum Gasteiger partial charge on any atom is -0.324 e. The van der Waals surface area contributed by atoms with Crippen molar-refractivity contribution in [1.29, 1.82) is 0 Å². The summed E-state index contributed by atoms with van der Waals surface area (Å²) in [5.74, 6) is 1.91. The zero-order valence-corrected chi connectivity index (χ0v) is 10.3. The van der Waals surface area contributed by atoms with Gasteiger partial charge in [-0.15, -0.1) is 10.2 Å². The molecule has 0 aliphatic rings. The molecule has 1 atom stereocenters. The van der Waals surface area contributed by atoms with E-state index in [0.717, 1.165) is 30.2 Å². The van der Waals surface area contributed by atoms with Crippen molar-refractivity contribution in [2.45, 2.75) is 32.9 Å². The number of benzene rings is 1. The van der Waals surface area contributed by atoms with Gasteiger partial charge in [-0.1, -0.05) is 30.3 Å². The average molecular weight is 230 g/mol. The fourth-order valence-electron chi connectivity index (χ4n) is 2.00. The minimum atomic E-state index is -0.0231. The first kappa shape index (κ1) is 11.8. The molecule has 1 heterocycles. The predicted molar refractivity (Wildman–Crippen MR) is 67.5 cm³/mol. The molecule has 0 bridgehead atoms. The molecule has 1 aromatic heterocycles. The topological polar surface area (TPSA) is 56.7 Å². The molecule has 0 saturated heterocycles. The molecule has 2 aromatic rings. The van der Waals surface area contributed by atoms with Crippen molar-refractivity contribution in [3.63, 3.8) is 0 Å². The van der Waals surface area contributed by atoms with E-state index in [9.17, 15) is 0 Å². The van der Waals surface area contributed by atoms with Gasteiger partial charge in [0, 0.05) is 19.0 Å². The van der Waals surface area contributed by atoms with E-state index in [0.29, 0.717) is 0 Å². The molecule has 2 N–H and O–H groups in total. The second-order valence-corrected chi connectivity index (χ2v) is 4.13. The van der Waals surface area contributed by atoms with E-state index in [1.807, 2.05) is 37.3 Å². The van der Waals surface area contributed by atoms with Crippen LogP contribution in [0.25, 0.3) is 0 Å². The van der Waals surface area contributed by atoms with Gasteiger partial charge >= 0.3 is 0 Å². The van der Waals surface area contributed by atoms with Crippen molar-refractivity contribution >= 4 is 0 Å². The molecule has 17 heavy (non-hydrogen) atoms. The van der Waals surface area contributed by atoms with E-state index in [-0.39, 0.29) is 6.04 Å². The normalized spacial score (nSPS) is 12.6. The summed E-state index contributed by atoms with van der Waals surface area (Å²) >= 11 is 0. The van der Waals surface area contributed by atoms with E-state index in [1.165, 1.54) is 0 Å². The maximum atomic E-state index is 6.18. The monoisotopic (exact) mass is 230 g/mol. The molecular formula is C13H18N4. The van der Waals surface area contributed by atoms with Gasteiger partial charge in [-0.05, 0) is 19.4 Å². The number of rotatable bonds is 4. The van der Waals surface area contributed by atoms with Crippen LogP contribution in [-0.4, -0.2) is 14.8 Å². The molecule has 1 aromatic carbocycles. The van der Waals surface area contributed by atoms with Crippen molar-refractivity contribution in [3.05, 3.63) is 47.5 Å². The Labute approximate surface area is 101 Å². The van der Waals surface area contributed by atoms with Crippen LogP contribution >= 0.6 is 0 Å². The zero-order valence-electron chi connectivity index (χ0n) is 10.3. The quantitative estimate of drug-likeness (QED) is 0.872. The summed E-state index contributed by atoms with van der Waals surface area (Å²) in [6.45, 7) is 4.94. The molecule has 0 aliphatic carbocycles. The third-order valence-electron chi connectivity index (χ3n) is 2.96. The molecule has 2 rings (SSSR count). The van der Waals surface area contributed by atoms with Crippen LogP contribution in [-0.2, 0) is 13.0 Å². The van der Waals surface area contributed by atoms with Crippen LogP contribution in [0.5, 0.6) is 0 Å². The molecule has 4 heteroatoms. The SMILES string of the molecule is CCn1c(C)nnc1CC(N)c1ccccc1. The highest BCUT2D eigenvalue weighted by Gasteiger charge is 2.12. The van der Waals surface area contributed by atoms with Gasteiger partial charge in [0.05, 0.1) is 0 Å². The van der Waals surface area contributed by atoms with E-state index in [2.05, 4.69) is 21.7 Å². The van der Waals surface area contributed by atoms with Crippen molar-refractivity contribution in [2.24, 2.45) is 5.73 Å². The third kappa shape index (κ3) is 2.53. The van der Waals surface area contributed by atoms with Crippen molar-refractivity contribution < 1.29 is 0 Å². The van der Waals surface area contributed by atoms with Gasteiger partial charge in [-0.2, -0.15) is 0 Å². The number of nitrogens with two attached hydrogens (primary N) is 1. The summed E-state index contributed by atoms with van der Waals surface area (Å²) in [4.78, 5) is 0. The van der Waals surface area contributed by atoms with Crippen LogP contribution in [0.15, 0.2) is 30.3 Å². The molecule has 0 radical (unpaired) electrons. The maximum Gasteiger partial charge on any atom is 0.134 e. The minimum absolute atomic E-state index is 0.0231. The second kappa shape index (κ2) is 5.10. The van der Waals surface area contributed by atoms with Gasteiger partial charge in [0.1, 0.15) is 11.6 Å². The van der Waals surface area contributed by atoms with Gasteiger partial charge in [-0.25, -0.2) is 0 Å². The smallest absolute Gasteiger partial charge is 0.134 e. The molecule has 1 unspecified atom stereocenters. The van der Waals surface area contributed by atoms with Gasteiger partial charge in [0.25, 0.3) is 0 Å². The van der Waals surface area contributed by atoms with Crippen molar-refractivity contribution in [1.82, 2.24) is 14.8 Å². The molecule has 90 valence electrons. The van der Waals surface area contributed by atoms with Gasteiger partial charge in [-0.3, -0.25) is 0 Å². The molecular weight excluding hydrogens is 212 g/mol. The Bertz CT molecular complexity index is 475. The fraction of sp³-hybridized carbons (Fsp3) is 0.385. The molecule has 0 saturated carbocycles. The number of aryl methyl sites for hydroxylation is 1. The van der Waals surface area contributed by atoms with Crippen LogP contribution < -0.4 is 5.73 Å². The summed E-state index contributed by atoms with van der Waals surface area (Å²) in [5.41, 5.74) is 7.31. The maximum absolute atomic E-state index is 6.18. The molecule has 4 nitrogen and oxygen atoms in total. The predicted octanol–water partition coefficient (Wildman–Crippen LogP) is 1.85. The first-order valence-corrected chi connectivity index (χ1v) is 5.91. The Kier molecular flexibility index (Phi) is 3.54. The van der Waals surface area contributed by atoms with Gasteiger partial charge in [0.15, 0.2) is 0 Å². The first-order valence-electron chi connectivity index (χ1n) is 5.91. The van der Waals surface area contributed by atoms with E-state index in [1.54, 1.807) is 0 Å². The molecule has 0 fully saturated rings. The lowest BCUT2D eigenvalue weighted by Crippen LogP contribution is -2.16. The Morgan fingerprint density at radius 1 is 1.24 bits per heavy atom. The van der Waals surface area contributed by atoms with Crippen LogP contribution in [0.2, 0.25) is 0 Å². The molecule has 0 aliphatic heterocycles. The Morgan fingerprint density at radius 3 is 2.59 bits per heavy atom. The number of aromatic nitrogens is 3. The lowest BCUT2D eigenvalue weighted by atomic mass is 10.0. The van der Waals surface area contributed by atoms with Crippen LogP contribution in [0.3, 0.4) is 0 Å².